The number of rotatable bonds is 13. The predicted molar refractivity (Wildman–Crippen MR) is 142 cm³/mol. The van der Waals surface area contributed by atoms with Crippen LogP contribution in [0.25, 0.3) is 22.3 Å². The number of hydrogen-bond acceptors (Lipinski definition) is 8. The molecule has 3 N–H and O–H groups in total. The zero-order valence-corrected chi connectivity index (χ0v) is 20.9. The second-order valence-corrected chi connectivity index (χ2v) is 8.34. The molecule has 1 unspecified atom stereocenters. The number of aliphatic hydroxyl groups is 1. The number of ether oxygens (including phenoxy) is 4. The molecule has 9 nitrogen and oxygen atoms in total. The number of aromatic amines is 1. The fourth-order valence-corrected chi connectivity index (χ4v) is 3.73. The van der Waals surface area contributed by atoms with Gasteiger partial charge in [-0.1, -0.05) is 6.07 Å². The highest BCUT2D eigenvalue weighted by Gasteiger charge is 2.10. The topological polar surface area (TPSA) is 115 Å². The lowest BCUT2D eigenvalue weighted by molar-refractivity contribution is 0.106. The molecule has 37 heavy (non-hydrogen) atoms. The van der Waals surface area contributed by atoms with E-state index >= 15 is 0 Å². The van der Waals surface area contributed by atoms with Crippen LogP contribution in [0.15, 0.2) is 71.5 Å². The van der Waals surface area contributed by atoms with Crippen molar-refractivity contribution in [2.45, 2.75) is 12.5 Å². The zero-order valence-electron chi connectivity index (χ0n) is 20.9. The van der Waals surface area contributed by atoms with E-state index < -0.39 is 6.10 Å². The standard InChI is InChI=1S/C28H31N3O6/c1-34-21-11-13-23(14-12-21)37-18-20(32)17-29-15-4-16-36-22-9-7-19(8-10-22)27-30-26-24(28(33)31-27)5-3-6-25(26)35-2/h3,5-14,20,29,32H,4,15-18H2,1-2H3,(H,30,31,33). The Kier molecular flexibility index (Phi) is 8.96. The lowest BCUT2D eigenvalue weighted by atomic mass is 10.2. The van der Waals surface area contributed by atoms with Crippen molar-refractivity contribution >= 4 is 10.9 Å². The molecule has 0 saturated heterocycles. The second kappa shape index (κ2) is 12.8. The number of aliphatic hydroxyl groups excluding tert-OH is 1. The van der Waals surface area contributed by atoms with Crippen LogP contribution in [0.3, 0.4) is 0 Å². The third kappa shape index (κ3) is 6.99. The van der Waals surface area contributed by atoms with E-state index in [0.29, 0.717) is 47.9 Å². The molecule has 0 bridgehead atoms. The van der Waals surface area contributed by atoms with Gasteiger partial charge in [0.2, 0.25) is 0 Å². The van der Waals surface area contributed by atoms with Crippen LogP contribution in [0.2, 0.25) is 0 Å². The Balaban J connectivity index is 1.18. The smallest absolute Gasteiger partial charge is 0.259 e. The number of hydrogen-bond donors (Lipinski definition) is 3. The Morgan fingerprint density at radius 1 is 0.919 bits per heavy atom. The molecule has 0 aliphatic heterocycles. The number of para-hydroxylation sites is 1. The van der Waals surface area contributed by atoms with E-state index in [1.807, 2.05) is 36.4 Å². The normalized spacial score (nSPS) is 11.8. The molecular weight excluding hydrogens is 474 g/mol. The highest BCUT2D eigenvalue weighted by Crippen LogP contribution is 2.24. The summed E-state index contributed by atoms with van der Waals surface area (Å²) < 4.78 is 21.9. The number of fused-ring (bicyclic) bond motifs is 1. The Morgan fingerprint density at radius 2 is 1.62 bits per heavy atom. The van der Waals surface area contributed by atoms with Gasteiger partial charge in [0, 0.05) is 12.1 Å². The molecule has 3 aromatic carbocycles. The summed E-state index contributed by atoms with van der Waals surface area (Å²) in [5.74, 6) is 3.18. The SMILES string of the molecule is COc1ccc(OCC(O)CNCCCOc2ccc(-c3nc4c(OC)cccc4c(=O)[nH]3)cc2)cc1. The number of methoxy groups -OCH3 is 2. The molecule has 4 aromatic rings. The van der Waals surface area contributed by atoms with E-state index in [9.17, 15) is 9.90 Å². The Bertz CT molecular complexity index is 1340. The fraction of sp³-hybridized carbons (Fsp3) is 0.286. The van der Waals surface area contributed by atoms with Crippen molar-refractivity contribution in [1.82, 2.24) is 15.3 Å². The molecule has 1 atom stereocenters. The molecular formula is C28H31N3O6. The molecule has 0 amide bonds. The summed E-state index contributed by atoms with van der Waals surface area (Å²) in [6, 6.07) is 19.9. The number of nitrogens with zero attached hydrogens (tertiary/aromatic N) is 1. The monoisotopic (exact) mass is 505 g/mol. The maximum atomic E-state index is 12.5. The van der Waals surface area contributed by atoms with Gasteiger partial charge in [-0.05, 0) is 73.6 Å². The minimum Gasteiger partial charge on any atom is -0.497 e. The van der Waals surface area contributed by atoms with Gasteiger partial charge in [0.15, 0.2) is 0 Å². The number of H-pyrrole nitrogens is 1. The van der Waals surface area contributed by atoms with Crippen molar-refractivity contribution in [3.05, 3.63) is 77.1 Å². The molecule has 194 valence electrons. The maximum absolute atomic E-state index is 12.5. The highest BCUT2D eigenvalue weighted by atomic mass is 16.5. The summed E-state index contributed by atoms with van der Waals surface area (Å²) >= 11 is 0. The summed E-state index contributed by atoms with van der Waals surface area (Å²) in [5, 5.41) is 13.8. The van der Waals surface area contributed by atoms with Gasteiger partial charge >= 0.3 is 0 Å². The lowest BCUT2D eigenvalue weighted by Crippen LogP contribution is -2.32. The van der Waals surface area contributed by atoms with Gasteiger partial charge in [-0.2, -0.15) is 0 Å². The van der Waals surface area contributed by atoms with E-state index in [-0.39, 0.29) is 12.2 Å². The predicted octanol–water partition coefficient (Wildman–Crippen LogP) is 3.41. The van der Waals surface area contributed by atoms with Crippen molar-refractivity contribution in [1.29, 1.82) is 0 Å². The number of benzene rings is 3. The van der Waals surface area contributed by atoms with Crippen LogP contribution in [0.5, 0.6) is 23.0 Å². The minimum absolute atomic E-state index is 0.201. The van der Waals surface area contributed by atoms with E-state index in [0.717, 1.165) is 23.5 Å². The number of nitrogens with one attached hydrogen (secondary N) is 2. The first-order valence-corrected chi connectivity index (χ1v) is 12.0. The van der Waals surface area contributed by atoms with E-state index in [4.69, 9.17) is 18.9 Å². The molecule has 0 aliphatic rings. The molecule has 0 spiro atoms. The van der Waals surface area contributed by atoms with Crippen LogP contribution in [-0.4, -0.2) is 61.7 Å². The minimum atomic E-state index is -0.620. The highest BCUT2D eigenvalue weighted by molar-refractivity contribution is 5.85. The fourth-order valence-electron chi connectivity index (χ4n) is 3.73. The van der Waals surface area contributed by atoms with Crippen LogP contribution in [-0.2, 0) is 0 Å². The van der Waals surface area contributed by atoms with Gasteiger partial charge in [-0.3, -0.25) is 4.79 Å². The largest absolute Gasteiger partial charge is 0.497 e. The average molecular weight is 506 g/mol. The van der Waals surface area contributed by atoms with Gasteiger partial charge in [0.25, 0.3) is 5.56 Å². The van der Waals surface area contributed by atoms with E-state index in [1.165, 1.54) is 0 Å². The first kappa shape index (κ1) is 26.0. The van der Waals surface area contributed by atoms with Crippen molar-refractivity contribution in [2.75, 3.05) is 40.5 Å². The van der Waals surface area contributed by atoms with Crippen LogP contribution in [0.1, 0.15) is 6.42 Å². The quantitative estimate of drug-likeness (QED) is 0.237. The summed E-state index contributed by atoms with van der Waals surface area (Å²) in [5.41, 5.74) is 1.07. The van der Waals surface area contributed by atoms with Crippen molar-refractivity contribution < 1.29 is 24.1 Å². The van der Waals surface area contributed by atoms with Gasteiger partial charge in [-0.15, -0.1) is 0 Å². The third-order valence-corrected chi connectivity index (χ3v) is 5.70. The van der Waals surface area contributed by atoms with Crippen LogP contribution >= 0.6 is 0 Å². The van der Waals surface area contributed by atoms with Crippen molar-refractivity contribution in [3.8, 4) is 34.4 Å². The summed E-state index contributed by atoms with van der Waals surface area (Å²) in [7, 11) is 3.17. The first-order valence-electron chi connectivity index (χ1n) is 12.0. The van der Waals surface area contributed by atoms with Crippen LogP contribution in [0, 0.1) is 0 Å². The van der Waals surface area contributed by atoms with E-state index in [2.05, 4.69) is 15.3 Å². The summed E-state index contributed by atoms with van der Waals surface area (Å²) in [6.07, 6.45) is 0.151. The average Bonchev–Trinajstić information content (AvgIpc) is 2.94. The lowest BCUT2D eigenvalue weighted by Gasteiger charge is -2.14. The van der Waals surface area contributed by atoms with Gasteiger partial charge in [0.1, 0.15) is 47.1 Å². The van der Waals surface area contributed by atoms with Gasteiger partial charge < -0.3 is 34.4 Å². The first-order chi connectivity index (χ1) is 18.1. The van der Waals surface area contributed by atoms with Gasteiger partial charge in [-0.25, -0.2) is 4.98 Å². The Labute approximate surface area is 215 Å². The maximum Gasteiger partial charge on any atom is 0.259 e. The van der Waals surface area contributed by atoms with Gasteiger partial charge in [0.05, 0.1) is 26.2 Å². The number of aromatic nitrogens is 2. The molecule has 0 saturated carbocycles. The summed E-state index contributed by atoms with van der Waals surface area (Å²) in [4.78, 5) is 19.9. The van der Waals surface area contributed by atoms with Crippen LogP contribution in [0.4, 0.5) is 0 Å². The molecule has 1 heterocycles. The molecule has 0 radical (unpaired) electrons. The van der Waals surface area contributed by atoms with E-state index in [1.54, 1.807) is 44.6 Å². The Hall–Kier alpha value is -4.08. The molecule has 9 heteroatoms. The Morgan fingerprint density at radius 3 is 2.35 bits per heavy atom. The second-order valence-electron chi connectivity index (χ2n) is 8.34. The molecule has 0 fully saturated rings. The molecule has 0 aliphatic carbocycles. The summed E-state index contributed by atoms with van der Waals surface area (Å²) in [6.45, 7) is 1.84. The van der Waals surface area contributed by atoms with Crippen molar-refractivity contribution in [2.24, 2.45) is 0 Å². The van der Waals surface area contributed by atoms with Crippen molar-refractivity contribution in [3.63, 3.8) is 0 Å². The zero-order chi connectivity index (χ0) is 26.0. The molecule has 1 aromatic heterocycles. The van der Waals surface area contributed by atoms with Crippen LogP contribution < -0.4 is 29.8 Å². The third-order valence-electron chi connectivity index (χ3n) is 5.70. The molecule has 4 rings (SSSR count).